The van der Waals surface area contributed by atoms with Gasteiger partial charge in [-0.05, 0) is 39.5 Å². The van der Waals surface area contributed by atoms with Gasteiger partial charge in [0.1, 0.15) is 5.82 Å². The standard InChI is InChI=1S/C12H20N4/c1-3-16(4-2)12-14-10-8-6-5-7-9(10)11(13)15-12/h3-8H2,1-2H3,(H2,13,14,15). The predicted molar refractivity (Wildman–Crippen MR) is 66.6 cm³/mol. The zero-order valence-corrected chi connectivity index (χ0v) is 10.2. The van der Waals surface area contributed by atoms with Gasteiger partial charge in [-0.15, -0.1) is 0 Å². The molecule has 0 aromatic carbocycles. The quantitative estimate of drug-likeness (QED) is 0.843. The largest absolute Gasteiger partial charge is 0.383 e. The number of nitrogens with zero attached hydrogens (tertiary/aromatic N) is 3. The Hall–Kier alpha value is -1.32. The first kappa shape index (κ1) is 11.2. The third kappa shape index (κ3) is 1.96. The van der Waals surface area contributed by atoms with Crippen LogP contribution in [0.5, 0.6) is 0 Å². The van der Waals surface area contributed by atoms with E-state index in [9.17, 15) is 0 Å². The highest BCUT2D eigenvalue weighted by atomic mass is 15.3. The van der Waals surface area contributed by atoms with Crippen LogP contribution in [-0.4, -0.2) is 23.1 Å². The van der Waals surface area contributed by atoms with Gasteiger partial charge in [-0.25, -0.2) is 4.98 Å². The van der Waals surface area contributed by atoms with Crippen LogP contribution in [0.25, 0.3) is 0 Å². The lowest BCUT2D eigenvalue weighted by Crippen LogP contribution is -2.26. The first-order chi connectivity index (χ1) is 7.76. The summed E-state index contributed by atoms with van der Waals surface area (Å²) in [5, 5.41) is 0. The van der Waals surface area contributed by atoms with Gasteiger partial charge in [0, 0.05) is 18.7 Å². The molecule has 0 unspecified atom stereocenters. The third-order valence-electron chi connectivity index (χ3n) is 3.25. The summed E-state index contributed by atoms with van der Waals surface area (Å²) in [6, 6.07) is 0. The van der Waals surface area contributed by atoms with Gasteiger partial charge in [0.25, 0.3) is 0 Å². The fourth-order valence-corrected chi connectivity index (χ4v) is 2.26. The highest BCUT2D eigenvalue weighted by molar-refractivity contribution is 5.49. The highest BCUT2D eigenvalue weighted by Gasteiger charge is 2.17. The van der Waals surface area contributed by atoms with E-state index in [-0.39, 0.29) is 0 Å². The summed E-state index contributed by atoms with van der Waals surface area (Å²) >= 11 is 0. The van der Waals surface area contributed by atoms with E-state index in [4.69, 9.17) is 5.73 Å². The summed E-state index contributed by atoms with van der Waals surface area (Å²) in [5.41, 5.74) is 8.36. The van der Waals surface area contributed by atoms with Crippen LogP contribution in [0.3, 0.4) is 0 Å². The zero-order chi connectivity index (χ0) is 11.5. The summed E-state index contributed by atoms with van der Waals surface area (Å²) in [5.74, 6) is 1.48. The Morgan fingerprint density at radius 1 is 1.12 bits per heavy atom. The number of rotatable bonds is 3. The molecule has 4 heteroatoms. The van der Waals surface area contributed by atoms with Gasteiger partial charge < -0.3 is 10.6 Å². The Morgan fingerprint density at radius 3 is 2.50 bits per heavy atom. The normalized spacial score (nSPS) is 14.6. The van der Waals surface area contributed by atoms with Crippen LogP contribution in [0.2, 0.25) is 0 Å². The first-order valence-corrected chi connectivity index (χ1v) is 6.16. The molecule has 2 N–H and O–H groups in total. The Bertz CT molecular complexity index is 372. The number of fused-ring (bicyclic) bond motifs is 1. The van der Waals surface area contributed by atoms with E-state index in [1.54, 1.807) is 0 Å². The molecule has 1 heterocycles. The SMILES string of the molecule is CCN(CC)c1nc(N)c2c(n1)CCCC2. The summed E-state index contributed by atoms with van der Waals surface area (Å²) in [4.78, 5) is 11.2. The number of hydrogen-bond acceptors (Lipinski definition) is 4. The van der Waals surface area contributed by atoms with Crippen molar-refractivity contribution in [1.82, 2.24) is 9.97 Å². The number of aromatic nitrogens is 2. The molecule has 0 amide bonds. The van der Waals surface area contributed by atoms with Crippen molar-refractivity contribution in [2.24, 2.45) is 0 Å². The summed E-state index contributed by atoms with van der Waals surface area (Å²) in [7, 11) is 0. The van der Waals surface area contributed by atoms with Gasteiger partial charge in [0.05, 0.1) is 5.69 Å². The van der Waals surface area contributed by atoms with Crippen LogP contribution < -0.4 is 10.6 Å². The van der Waals surface area contributed by atoms with Gasteiger partial charge >= 0.3 is 0 Å². The van der Waals surface area contributed by atoms with Crippen LogP contribution >= 0.6 is 0 Å². The molecular weight excluding hydrogens is 200 g/mol. The number of nitrogen functional groups attached to an aromatic ring is 1. The Kier molecular flexibility index (Phi) is 3.27. The molecule has 0 atom stereocenters. The van der Waals surface area contributed by atoms with Crippen LogP contribution in [0.1, 0.15) is 37.9 Å². The van der Waals surface area contributed by atoms with Crippen molar-refractivity contribution in [3.63, 3.8) is 0 Å². The van der Waals surface area contributed by atoms with Crippen molar-refractivity contribution in [2.45, 2.75) is 39.5 Å². The lowest BCUT2D eigenvalue weighted by molar-refractivity contribution is 0.660. The molecule has 0 radical (unpaired) electrons. The average molecular weight is 220 g/mol. The van der Waals surface area contributed by atoms with Crippen molar-refractivity contribution in [3.8, 4) is 0 Å². The van der Waals surface area contributed by atoms with Crippen molar-refractivity contribution in [2.75, 3.05) is 23.7 Å². The number of hydrogen-bond donors (Lipinski definition) is 1. The molecule has 0 aliphatic heterocycles. The van der Waals surface area contributed by atoms with Crippen molar-refractivity contribution in [1.29, 1.82) is 0 Å². The minimum absolute atomic E-state index is 0.687. The molecule has 2 rings (SSSR count). The fraction of sp³-hybridized carbons (Fsp3) is 0.667. The molecular formula is C12H20N4. The molecule has 0 saturated carbocycles. The van der Waals surface area contributed by atoms with Crippen LogP contribution in [0.4, 0.5) is 11.8 Å². The van der Waals surface area contributed by atoms with Gasteiger partial charge in [-0.2, -0.15) is 4.98 Å². The molecule has 1 aromatic heterocycles. The molecule has 88 valence electrons. The molecule has 0 bridgehead atoms. The third-order valence-corrected chi connectivity index (χ3v) is 3.25. The number of aryl methyl sites for hydroxylation is 1. The fourth-order valence-electron chi connectivity index (χ4n) is 2.26. The maximum atomic E-state index is 6.01. The van der Waals surface area contributed by atoms with Gasteiger partial charge in [0.15, 0.2) is 0 Å². The lowest BCUT2D eigenvalue weighted by atomic mass is 9.96. The van der Waals surface area contributed by atoms with Gasteiger partial charge in [-0.1, -0.05) is 0 Å². The highest BCUT2D eigenvalue weighted by Crippen LogP contribution is 2.25. The van der Waals surface area contributed by atoms with E-state index in [1.165, 1.54) is 24.1 Å². The zero-order valence-electron chi connectivity index (χ0n) is 10.2. The minimum atomic E-state index is 0.687. The maximum Gasteiger partial charge on any atom is 0.227 e. The summed E-state index contributed by atoms with van der Waals surface area (Å²) in [6.07, 6.45) is 4.53. The summed E-state index contributed by atoms with van der Waals surface area (Å²) < 4.78 is 0. The van der Waals surface area contributed by atoms with E-state index in [1.807, 2.05) is 0 Å². The Labute approximate surface area is 96.9 Å². The van der Waals surface area contributed by atoms with Crippen molar-refractivity contribution in [3.05, 3.63) is 11.3 Å². The molecule has 0 saturated heterocycles. The minimum Gasteiger partial charge on any atom is -0.383 e. The molecule has 16 heavy (non-hydrogen) atoms. The van der Waals surface area contributed by atoms with E-state index in [0.29, 0.717) is 5.82 Å². The molecule has 4 nitrogen and oxygen atoms in total. The topological polar surface area (TPSA) is 55.0 Å². The Balaban J connectivity index is 2.38. The molecule has 1 aliphatic carbocycles. The second-order valence-corrected chi connectivity index (χ2v) is 4.21. The Morgan fingerprint density at radius 2 is 1.81 bits per heavy atom. The van der Waals surface area contributed by atoms with Crippen molar-refractivity contribution >= 4 is 11.8 Å². The second kappa shape index (κ2) is 4.68. The van der Waals surface area contributed by atoms with E-state index in [0.717, 1.165) is 31.9 Å². The van der Waals surface area contributed by atoms with E-state index >= 15 is 0 Å². The molecule has 0 spiro atoms. The van der Waals surface area contributed by atoms with Gasteiger partial charge in [-0.3, -0.25) is 0 Å². The number of nitrogens with two attached hydrogens (primary N) is 1. The summed E-state index contributed by atoms with van der Waals surface area (Å²) in [6.45, 7) is 6.08. The smallest absolute Gasteiger partial charge is 0.227 e. The van der Waals surface area contributed by atoms with Crippen LogP contribution in [0.15, 0.2) is 0 Å². The number of anilines is 2. The average Bonchev–Trinajstić information content (AvgIpc) is 2.31. The first-order valence-electron chi connectivity index (χ1n) is 6.16. The predicted octanol–water partition coefficient (Wildman–Crippen LogP) is 1.78. The maximum absolute atomic E-state index is 6.01. The van der Waals surface area contributed by atoms with Crippen molar-refractivity contribution < 1.29 is 0 Å². The van der Waals surface area contributed by atoms with Crippen LogP contribution in [0, 0.1) is 0 Å². The van der Waals surface area contributed by atoms with Crippen LogP contribution in [-0.2, 0) is 12.8 Å². The molecule has 0 fully saturated rings. The van der Waals surface area contributed by atoms with Gasteiger partial charge in [0.2, 0.25) is 5.95 Å². The lowest BCUT2D eigenvalue weighted by Gasteiger charge is -2.22. The van der Waals surface area contributed by atoms with E-state index < -0.39 is 0 Å². The second-order valence-electron chi connectivity index (χ2n) is 4.21. The molecule has 1 aromatic rings. The monoisotopic (exact) mass is 220 g/mol. The molecule has 1 aliphatic rings. The van der Waals surface area contributed by atoms with E-state index in [2.05, 4.69) is 28.7 Å².